The highest BCUT2D eigenvalue weighted by molar-refractivity contribution is 6.19. The van der Waals surface area contributed by atoms with E-state index < -0.39 is 0 Å². The van der Waals surface area contributed by atoms with Crippen LogP contribution in [-0.2, 0) is 22.4 Å². The van der Waals surface area contributed by atoms with Crippen LogP contribution in [-0.4, -0.2) is 55.1 Å². The first-order valence-corrected chi connectivity index (χ1v) is 14.3. The first-order valence-electron chi connectivity index (χ1n) is 13.8. The van der Waals surface area contributed by atoms with Gasteiger partial charge in [-0.15, -0.1) is 11.6 Å². The summed E-state index contributed by atoms with van der Waals surface area (Å²) in [6.07, 6.45) is 2.23. The Bertz CT molecular complexity index is 880. The average Bonchev–Trinajstić information content (AvgIpc) is 2.86. The van der Waals surface area contributed by atoms with Gasteiger partial charge < -0.3 is 10.2 Å². The quantitative estimate of drug-likeness (QED) is 0.289. The molecule has 0 aliphatic heterocycles. The Balaban J connectivity index is 0.000000605. The molecule has 2 aromatic rings. The maximum Gasteiger partial charge on any atom is 0.138 e. The van der Waals surface area contributed by atoms with E-state index in [-0.39, 0.29) is 5.78 Å². The summed E-state index contributed by atoms with van der Waals surface area (Å²) in [5.41, 5.74) is 7.20. The second-order valence-electron chi connectivity index (χ2n) is 9.34. The van der Waals surface area contributed by atoms with Crippen molar-refractivity contribution in [1.82, 2.24) is 10.2 Å². The molecule has 0 aliphatic rings. The standard InChI is InChI=1S/C16H25NO.C12H15ClO.C4H11N/c1-5-17(6-2)11-10-15(18)12-16-13(3)8-7-9-14(16)4;1-9-4-3-5-10(2)12(9)8-11(14)6-7-13;1-3-5-4-2/h7-9H,5-6,10-12H2,1-4H3;3-5H,6-8H2,1-2H3;5H,3-4H2,1-2H3. The molecule has 37 heavy (non-hydrogen) atoms. The molecule has 0 bridgehead atoms. The van der Waals surface area contributed by atoms with Crippen LogP contribution in [0.5, 0.6) is 0 Å². The van der Waals surface area contributed by atoms with Gasteiger partial charge >= 0.3 is 0 Å². The van der Waals surface area contributed by atoms with Gasteiger partial charge in [-0.2, -0.15) is 0 Å². The van der Waals surface area contributed by atoms with Crippen LogP contribution in [0.1, 0.15) is 73.9 Å². The minimum Gasteiger partial charge on any atom is -0.317 e. The Morgan fingerprint density at radius 2 is 1.08 bits per heavy atom. The molecule has 208 valence electrons. The molecule has 0 radical (unpaired) electrons. The fraction of sp³-hybridized carbons (Fsp3) is 0.562. The average molecular weight is 531 g/mol. The van der Waals surface area contributed by atoms with Gasteiger partial charge in [0.15, 0.2) is 0 Å². The number of carbonyl (C=O) groups is 2. The fourth-order valence-electron chi connectivity index (χ4n) is 4.00. The van der Waals surface area contributed by atoms with E-state index in [1.165, 1.54) is 27.8 Å². The van der Waals surface area contributed by atoms with Gasteiger partial charge in [-0.05, 0) is 87.3 Å². The van der Waals surface area contributed by atoms with E-state index in [1.54, 1.807) is 0 Å². The first-order chi connectivity index (χ1) is 17.6. The van der Waals surface area contributed by atoms with Crippen LogP contribution in [0.4, 0.5) is 0 Å². The Morgan fingerprint density at radius 1 is 0.703 bits per heavy atom. The van der Waals surface area contributed by atoms with E-state index >= 15 is 0 Å². The van der Waals surface area contributed by atoms with Crippen molar-refractivity contribution < 1.29 is 9.59 Å². The van der Waals surface area contributed by atoms with Crippen molar-refractivity contribution in [1.29, 1.82) is 0 Å². The van der Waals surface area contributed by atoms with Crippen LogP contribution in [0.25, 0.3) is 0 Å². The zero-order valence-electron chi connectivity index (χ0n) is 24.7. The molecule has 0 fully saturated rings. The zero-order chi connectivity index (χ0) is 28.2. The lowest BCUT2D eigenvalue weighted by atomic mass is 9.97. The minimum absolute atomic E-state index is 0.220. The Morgan fingerprint density at radius 3 is 1.38 bits per heavy atom. The van der Waals surface area contributed by atoms with Crippen molar-refractivity contribution in [3.8, 4) is 0 Å². The molecular formula is C32H51ClN2O2. The highest BCUT2D eigenvalue weighted by atomic mass is 35.5. The summed E-state index contributed by atoms with van der Waals surface area (Å²) in [5.74, 6) is 0.987. The third kappa shape index (κ3) is 15.1. The summed E-state index contributed by atoms with van der Waals surface area (Å²) < 4.78 is 0. The molecule has 0 heterocycles. The van der Waals surface area contributed by atoms with Crippen LogP contribution >= 0.6 is 11.6 Å². The van der Waals surface area contributed by atoms with Gasteiger partial charge in [-0.3, -0.25) is 9.59 Å². The third-order valence-electron chi connectivity index (χ3n) is 6.51. The molecule has 4 nitrogen and oxygen atoms in total. The molecule has 0 amide bonds. The maximum atomic E-state index is 12.0. The lowest BCUT2D eigenvalue weighted by Gasteiger charge is -2.17. The molecule has 0 atom stereocenters. The molecule has 0 saturated heterocycles. The number of halogens is 1. The summed E-state index contributed by atoms with van der Waals surface area (Å²) in [5, 5.41) is 3.11. The molecule has 0 unspecified atom stereocenters. The smallest absolute Gasteiger partial charge is 0.138 e. The second kappa shape index (κ2) is 21.0. The van der Waals surface area contributed by atoms with Crippen LogP contribution in [0.2, 0.25) is 0 Å². The van der Waals surface area contributed by atoms with E-state index in [4.69, 9.17) is 11.6 Å². The number of aryl methyl sites for hydroxylation is 4. The molecule has 0 aromatic heterocycles. The van der Waals surface area contributed by atoms with Crippen LogP contribution < -0.4 is 5.32 Å². The van der Waals surface area contributed by atoms with Crippen molar-refractivity contribution in [3.63, 3.8) is 0 Å². The molecule has 0 spiro atoms. The van der Waals surface area contributed by atoms with Gasteiger partial charge in [0.1, 0.15) is 11.6 Å². The number of rotatable bonds is 13. The molecule has 0 saturated carbocycles. The van der Waals surface area contributed by atoms with E-state index in [2.05, 4.69) is 70.0 Å². The summed E-state index contributed by atoms with van der Waals surface area (Å²) in [4.78, 5) is 25.8. The summed E-state index contributed by atoms with van der Waals surface area (Å²) >= 11 is 5.52. The summed E-state index contributed by atoms with van der Waals surface area (Å²) in [6, 6.07) is 12.3. The Hall–Kier alpha value is -2.01. The number of carbonyl (C=O) groups excluding carboxylic acids is 2. The summed E-state index contributed by atoms with van der Waals surface area (Å²) in [6.45, 7) is 21.8. The van der Waals surface area contributed by atoms with Gasteiger partial charge in [0.05, 0.1) is 0 Å². The van der Waals surface area contributed by atoms with Gasteiger partial charge in [0.2, 0.25) is 0 Å². The van der Waals surface area contributed by atoms with Crippen LogP contribution in [0, 0.1) is 27.7 Å². The Labute approximate surface area is 232 Å². The maximum absolute atomic E-state index is 12.0. The van der Waals surface area contributed by atoms with Crippen molar-refractivity contribution in [2.45, 2.75) is 81.1 Å². The number of alkyl halides is 1. The predicted octanol–water partition coefficient (Wildman–Crippen LogP) is 6.81. The largest absolute Gasteiger partial charge is 0.317 e. The topological polar surface area (TPSA) is 49.4 Å². The predicted molar refractivity (Wildman–Crippen MR) is 161 cm³/mol. The van der Waals surface area contributed by atoms with Gasteiger partial charge in [0, 0.05) is 38.1 Å². The Kier molecular flexibility index (Phi) is 19.8. The van der Waals surface area contributed by atoms with E-state index in [9.17, 15) is 9.59 Å². The SMILES string of the molecule is CCN(CC)CCC(=O)Cc1c(C)cccc1C.CCNCC.Cc1cccc(C)c1CC(=O)CCCl. The van der Waals surface area contributed by atoms with Crippen LogP contribution in [0.3, 0.4) is 0 Å². The van der Waals surface area contributed by atoms with Crippen molar-refractivity contribution >= 4 is 23.2 Å². The van der Waals surface area contributed by atoms with Gasteiger partial charge in [-0.25, -0.2) is 0 Å². The van der Waals surface area contributed by atoms with E-state index in [0.717, 1.165) is 38.3 Å². The van der Waals surface area contributed by atoms with Crippen LogP contribution in [0.15, 0.2) is 36.4 Å². The highest BCUT2D eigenvalue weighted by Gasteiger charge is 2.10. The first kappa shape index (κ1) is 35.0. The minimum atomic E-state index is 0.220. The van der Waals surface area contributed by atoms with Crippen molar-refractivity contribution in [2.24, 2.45) is 0 Å². The van der Waals surface area contributed by atoms with Crippen molar-refractivity contribution in [2.75, 3.05) is 38.6 Å². The third-order valence-corrected chi connectivity index (χ3v) is 6.70. The second-order valence-corrected chi connectivity index (χ2v) is 9.72. The molecular weight excluding hydrogens is 480 g/mol. The fourth-order valence-corrected chi connectivity index (χ4v) is 4.22. The number of nitrogens with zero attached hydrogens (tertiary/aromatic N) is 1. The lowest BCUT2D eigenvalue weighted by Crippen LogP contribution is -2.26. The molecule has 0 aliphatic carbocycles. The number of ketones is 2. The van der Waals surface area contributed by atoms with E-state index in [0.29, 0.717) is 37.3 Å². The number of nitrogens with one attached hydrogen (secondary N) is 1. The van der Waals surface area contributed by atoms with Crippen molar-refractivity contribution in [3.05, 3.63) is 69.8 Å². The van der Waals surface area contributed by atoms with Gasteiger partial charge in [0.25, 0.3) is 0 Å². The molecule has 5 heteroatoms. The molecule has 1 N–H and O–H groups in total. The number of Topliss-reactive ketones (excluding diaryl/α,β-unsaturated/α-hetero) is 2. The number of hydrogen-bond donors (Lipinski definition) is 1. The number of hydrogen-bond acceptors (Lipinski definition) is 4. The molecule has 2 rings (SSSR count). The number of benzene rings is 2. The monoisotopic (exact) mass is 530 g/mol. The zero-order valence-corrected chi connectivity index (χ0v) is 25.4. The lowest BCUT2D eigenvalue weighted by molar-refractivity contribution is -0.119. The summed E-state index contributed by atoms with van der Waals surface area (Å²) in [7, 11) is 0. The highest BCUT2D eigenvalue weighted by Crippen LogP contribution is 2.16. The van der Waals surface area contributed by atoms with E-state index in [1.807, 2.05) is 32.0 Å². The normalized spacial score (nSPS) is 10.3. The molecule has 2 aromatic carbocycles. The van der Waals surface area contributed by atoms with Gasteiger partial charge in [-0.1, -0.05) is 64.1 Å².